The summed E-state index contributed by atoms with van der Waals surface area (Å²) in [7, 11) is 3.41. The second kappa shape index (κ2) is 12.8. The van der Waals surface area contributed by atoms with Gasteiger partial charge in [-0.1, -0.05) is 30.1 Å². The number of aromatic nitrogens is 2. The van der Waals surface area contributed by atoms with Crippen LogP contribution in [-0.4, -0.2) is 35.8 Å². The first-order valence-electron chi connectivity index (χ1n) is 11.0. The Bertz CT molecular complexity index is 861. The maximum atomic E-state index is 5.81. The predicted molar refractivity (Wildman–Crippen MR) is 126 cm³/mol. The number of benzene rings is 1. The number of hydrogen-bond acceptors (Lipinski definition) is 5. The van der Waals surface area contributed by atoms with Gasteiger partial charge in [-0.15, -0.1) is 5.10 Å². The highest BCUT2D eigenvalue weighted by Crippen LogP contribution is 2.24. The molecule has 6 nitrogen and oxygen atoms in total. The number of rotatable bonds is 13. The SMILES string of the molecule is C/C=C/COc1cc(C)c(CCCCCCOc2cc(C(C)=NOC)n(C)n2)c(C)c1. The second-order valence-corrected chi connectivity index (χ2v) is 7.78. The summed E-state index contributed by atoms with van der Waals surface area (Å²) in [6.07, 6.45) is 9.67. The summed E-state index contributed by atoms with van der Waals surface area (Å²) in [6.45, 7) is 9.55. The van der Waals surface area contributed by atoms with Crippen LogP contribution >= 0.6 is 0 Å². The van der Waals surface area contributed by atoms with Crippen molar-refractivity contribution in [2.24, 2.45) is 12.2 Å². The van der Waals surface area contributed by atoms with Crippen LogP contribution in [0.2, 0.25) is 0 Å². The van der Waals surface area contributed by atoms with Crippen LogP contribution in [0.25, 0.3) is 0 Å². The molecule has 1 heterocycles. The molecule has 1 aromatic heterocycles. The Morgan fingerprint density at radius 3 is 2.45 bits per heavy atom. The Morgan fingerprint density at radius 1 is 1.06 bits per heavy atom. The van der Waals surface area contributed by atoms with Gasteiger partial charge >= 0.3 is 0 Å². The van der Waals surface area contributed by atoms with Gasteiger partial charge < -0.3 is 14.3 Å². The Balaban J connectivity index is 1.70. The van der Waals surface area contributed by atoms with Crippen LogP contribution in [0.1, 0.15) is 61.9 Å². The molecule has 0 saturated carbocycles. The van der Waals surface area contributed by atoms with Crippen LogP contribution in [0.15, 0.2) is 35.5 Å². The molecule has 0 fully saturated rings. The maximum absolute atomic E-state index is 5.81. The minimum absolute atomic E-state index is 0.622. The summed E-state index contributed by atoms with van der Waals surface area (Å²) in [4.78, 5) is 4.83. The molecule has 2 rings (SSSR count). The van der Waals surface area contributed by atoms with E-state index in [9.17, 15) is 0 Å². The summed E-state index contributed by atoms with van der Waals surface area (Å²) in [5, 5.41) is 8.33. The fourth-order valence-corrected chi connectivity index (χ4v) is 3.64. The van der Waals surface area contributed by atoms with Crippen molar-refractivity contribution in [3.05, 3.63) is 52.7 Å². The molecule has 170 valence electrons. The lowest BCUT2D eigenvalue weighted by Gasteiger charge is -2.13. The van der Waals surface area contributed by atoms with Gasteiger partial charge in [-0.2, -0.15) is 0 Å². The van der Waals surface area contributed by atoms with Crippen LogP contribution in [0.4, 0.5) is 0 Å². The Hall–Kier alpha value is -2.76. The van der Waals surface area contributed by atoms with E-state index in [2.05, 4.69) is 36.2 Å². The van der Waals surface area contributed by atoms with Gasteiger partial charge in [0.2, 0.25) is 5.88 Å². The molecule has 31 heavy (non-hydrogen) atoms. The highest BCUT2D eigenvalue weighted by atomic mass is 16.6. The van der Waals surface area contributed by atoms with Crippen LogP contribution in [0.3, 0.4) is 0 Å². The monoisotopic (exact) mass is 427 g/mol. The van der Waals surface area contributed by atoms with Gasteiger partial charge in [0, 0.05) is 13.1 Å². The van der Waals surface area contributed by atoms with Gasteiger partial charge in [-0.25, -0.2) is 0 Å². The van der Waals surface area contributed by atoms with E-state index in [0.29, 0.717) is 19.1 Å². The molecule has 0 spiro atoms. The largest absolute Gasteiger partial charge is 0.490 e. The molecule has 0 N–H and O–H groups in total. The number of nitrogens with zero attached hydrogens (tertiary/aromatic N) is 3. The smallest absolute Gasteiger partial charge is 0.233 e. The van der Waals surface area contributed by atoms with E-state index >= 15 is 0 Å². The summed E-state index contributed by atoms with van der Waals surface area (Å²) in [6, 6.07) is 6.20. The third-order valence-electron chi connectivity index (χ3n) is 5.28. The average molecular weight is 428 g/mol. The number of unbranched alkanes of at least 4 members (excludes halogenated alkanes) is 3. The molecule has 0 aliphatic carbocycles. The van der Waals surface area contributed by atoms with Crippen LogP contribution in [-0.2, 0) is 18.3 Å². The molecular weight excluding hydrogens is 390 g/mol. The van der Waals surface area contributed by atoms with Gasteiger partial charge in [0.25, 0.3) is 0 Å². The van der Waals surface area contributed by atoms with Crippen LogP contribution in [0.5, 0.6) is 11.6 Å². The van der Waals surface area contributed by atoms with Crippen molar-refractivity contribution >= 4 is 5.71 Å². The fraction of sp³-hybridized carbons (Fsp3) is 0.520. The van der Waals surface area contributed by atoms with Crippen molar-refractivity contribution in [2.45, 2.75) is 59.8 Å². The number of oxime groups is 1. The summed E-state index contributed by atoms with van der Waals surface area (Å²) in [5.41, 5.74) is 5.74. The molecule has 0 unspecified atom stereocenters. The molecule has 0 amide bonds. The first-order valence-corrected chi connectivity index (χ1v) is 11.0. The van der Waals surface area contributed by atoms with Crippen molar-refractivity contribution in [3.8, 4) is 11.6 Å². The molecule has 0 aliphatic rings. The van der Waals surface area contributed by atoms with Gasteiger partial charge in [0.05, 0.1) is 12.3 Å². The van der Waals surface area contributed by atoms with Crippen molar-refractivity contribution < 1.29 is 14.3 Å². The molecule has 2 aromatic rings. The highest BCUT2D eigenvalue weighted by molar-refractivity contribution is 5.97. The first-order chi connectivity index (χ1) is 15.0. The minimum Gasteiger partial charge on any atom is -0.490 e. The van der Waals surface area contributed by atoms with Gasteiger partial charge in [0.15, 0.2) is 0 Å². The Labute approximate surface area is 186 Å². The van der Waals surface area contributed by atoms with Crippen molar-refractivity contribution in [1.29, 1.82) is 0 Å². The lowest BCUT2D eigenvalue weighted by Crippen LogP contribution is -2.04. The second-order valence-electron chi connectivity index (χ2n) is 7.78. The molecular formula is C25H37N3O3. The number of allylic oxidation sites excluding steroid dienone is 1. The topological polar surface area (TPSA) is 57.9 Å². The zero-order valence-corrected chi connectivity index (χ0v) is 19.9. The van der Waals surface area contributed by atoms with E-state index in [1.54, 1.807) is 4.68 Å². The van der Waals surface area contributed by atoms with E-state index in [1.807, 2.05) is 39.1 Å². The lowest BCUT2D eigenvalue weighted by molar-refractivity contribution is 0.213. The third kappa shape index (κ3) is 7.78. The number of aryl methyl sites for hydroxylation is 3. The first kappa shape index (κ1) is 24.5. The van der Waals surface area contributed by atoms with Crippen molar-refractivity contribution in [1.82, 2.24) is 9.78 Å². The quantitative estimate of drug-likeness (QED) is 0.182. The van der Waals surface area contributed by atoms with Crippen LogP contribution in [0, 0.1) is 13.8 Å². The fourth-order valence-electron chi connectivity index (χ4n) is 3.64. The number of hydrogen-bond donors (Lipinski definition) is 0. The van der Waals surface area contributed by atoms with E-state index in [0.717, 1.165) is 36.4 Å². The van der Waals surface area contributed by atoms with Crippen molar-refractivity contribution in [3.63, 3.8) is 0 Å². The van der Waals surface area contributed by atoms with Crippen LogP contribution < -0.4 is 9.47 Å². The van der Waals surface area contributed by atoms with Crippen molar-refractivity contribution in [2.75, 3.05) is 20.3 Å². The number of ether oxygens (including phenoxy) is 2. The Morgan fingerprint density at radius 2 is 1.77 bits per heavy atom. The van der Waals surface area contributed by atoms with E-state index in [-0.39, 0.29) is 0 Å². The van der Waals surface area contributed by atoms with E-state index < -0.39 is 0 Å². The van der Waals surface area contributed by atoms with Gasteiger partial charge in [-0.3, -0.25) is 4.68 Å². The minimum atomic E-state index is 0.622. The molecule has 1 aromatic carbocycles. The Kier molecular flexibility index (Phi) is 10.1. The summed E-state index contributed by atoms with van der Waals surface area (Å²) < 4.78 is 13.3. The van der Waals surface area contributed by atoms with E-state index in [1.165, 1.54) is 36.6 Å². The molecule has 0 saturated heterocycles. The van der Waals surface area contributed by atoms with Gasteiger partial charge in [0.1, 0.15) is 25.2 Å². The summed E-state index contributed by atoms with van der Waals surface area (Å²) in [5.74, 6) is 1.58. The molecule has 6 heteroatoms. The molecule has 0 atom stereocenters. The standard InChI is InChI=1S/C25H37N3O3/c1-7-8-14-30-22-16-19(2)23(20(3)17-22)13-11-9-10-12-15-31-25-18-24(28(5)26-25)21(4)27-29-6/h7-8,16-18H,9-15H2,1-6H3/b8-7+,27-21?. The highest BCUT2D eigenvalue weighted by Gasteiger charge is 2.09. The molecule has 0 aliphatic heterocycles. The predicted octanol–water partition coefficient (Wildman–Crippen LogP) is 5.54. The average Bonchev–Trinajstić information content (AvgIpc) is 3.10. The van der Waals surface area contributed by atoms with Gasteiger partial charge in [-0.05, 0) is 75.8 Å². The third-order valence-corrected chi connectivity index (χ3v) is 5.28. The maximum Gasteiger partial charge on any atom is 0.233 e. The zero-order valence-electron chi connectivity index (χ0n) is 19.9. The molecule has 0 radical (unpaired) electrons. The lowest BCUT2D eigenvalue weighted by atomic mass is 9.97. The summed E-state index contributed by atoms with van der Waals surface area (Å²) >= 11 is 0. The molecule has 0 bridgehead atoms. The normalized spacial score (nSPS) is 11.9. The van der Waals surface area contributed by atoms with E-state index in [4.69, 9.17) is 14.3 Å². The zero-order chi connectivity index (χ0) is 22.6.